The van der Waals surface area contributed by atoms with Gasteiger partial charge in [0.15, 0.2) is 0 Å². The van der Waals surface area contributed by atoms with Crippen molar-refractivity contribution in [2.75, 3.05) is 6.61 Å². The van der Waals surface area contributed by atoms with Crippen molar-refractivity contribution in [3.05, 3.63) is 34.9 Å². The molecule has 0 saturated heterocycles. The smallest absolute Gasteiger partial charge is 0.0431 e. The first kappa shape index (κ1) is 14.2. The Morgan fingerprint density at radius 2 is 1.94 bits per heavy atom. The minimum absolute atomic E-state index is 0.0381. The maximum absolute atomic E-state index is 8.83. The standard InChI is InChI=1S/C15H25NO/c1-11-10-12(15(2,3)4)7-8-13(11)14(16)6-5-9-17/h7-8,10,14,17H,5-6,9,16H2,1-4H3. The number of nitrogens with two attached hydrogens (primary N) is 1. The Bertz CT molecular complexity index is 366. The fraction of sp³-hybridized carbons (Fsp3) is 0.600. The van der Waals surface area contributed by atoms with E-state index in [0.717, 1.165) is 12.8 Å². The molecule has 0 aliphatic carbocycles. The van der Waals surface area contributed by atoms with Crippen molar-refractivity contribution in [3.63, 3.8) is 0 Å². The van der Waals surface area contributed by atoms with E-state index in [-0.39, 0.29) is 18.1 Å². The van der Waals surface area contributed by atoms with Crippen molar-refractivity contribution in [1.82, 2.24) is 0 Å². The van der Waals surface area contributed by atoms with Gasteiger partial charge >= 0.3 is 0 Å². The van der Waals surface area contributed by atoms with Crippen LogP contribution in [0.25, 0.3) is 0 Å². The molecule has 0 saturated carbocycles. The molecule has 0 spiro atoms. The molecular formula is C15H25NO. The molecule has 0 aromatic heterocycles. The summed E-state index contributed by atoms with van der Waals surface area (Å²) in [4.78, 5) is 0. The van der Waals surface area contributed by atoms with Crippen LogP contribution in [0.2, 0.25) is 0 Å². The second-order valence-corrected chi connectivity index (χ2v) is 5.79. The highest BCUT2D eigenvalue weighted by molar-refractivity contribution is 5.36. The molecule has 3 N–H and O–H groups in total. The summed E-state index contributed by atoms with van der Waals surface area (Å²) in [7, 11) is 0. The molecule has 0 heterocycles. The van der Waals surface area contributed by atoms with Crippen LogP contribution in [0.5, 0.6) is 0 Å². The summed E-state index contributed by atoms with van der Waals surface area (Å²) in [5.74, 6) is 0. The summed E-state index contributed by atoms with van der Waals surface area (Å²) < 4.78 is 0. The topological polar surface area (TPSA) is 46.2 Å². The first-order chi connectivity index (χ1) is 7.86. The number of rotatable bonds is 4. The zero-order chi connectivity index (χ0) is 13.1. The van der Waals surface area contributed by atoms with Gasteiger partial charge in [-0.3, -0.25) is 0 Å². The van der Waals surface area contributed by atoms with Crippen molar-refractivity contribution in [3.8, 4) is 0 Å². The summed E-state index contributed by atoms with van der Waals surface area (Å²) in [5, 5.41) is 8.83. The summed E-state index contributed by atoms with van der Waals surface area (Å²) >= 11 is 0. The molecule has 0 radical (unpaired) electrons. The summed E-state index contributed by atoms with van der Waals surface area (Å²) in [6.07, 6.45) is 1.60. The molecule has 1 unspecified atom stereocenters. The van der Waals surface area contributed by atoms with E-state index < -0.39 is 0 Å². The van der Waals surface area contributed by atoms with Crippen LogP contribution in [0, 0.1) is 6.92 Å². The molecule has 2 heteroatoms. The quantitative estimate of drug-likeness (QED) is 0.842. The molecule has 96 valence electrons. The van der Waals surface area contributed by atoms with Crippen molar-refractivity contribution in [1.29, 1.82) is 0 Å². The summed E-state index contributed by atoms with van der Waals surface area (Å²) in [6.45, 7) is 8.98. The van der Waals surface area contributed by atoms with Gasteiger partial charge in [0.25, 0.3) is 0 Å². The predicted molar refractivity (Wildman–Crippen MR) is 73.1 cm³/mol. The monoisotopic (exact) mass is 235 g/mol. The Hall–Kier alpha value is -0.860. The van der Waals surface area contributed by atoms with Crippen LogP contribution in [0.1, 0.15) is 56.3 Å². The van der Waals surface area contributed by atoms with E-state index >= 15 is 0 Å². The highest BCUT2D eigenvalue weighted by Crippen LogP contribution is 2.27. The van der Waals surface area contributed by atoms with E-state index in [1.54, 1.807) is 0 Å². The predicted octanol–water partition coefficient (Wildman–Crippen LogP) is 3.06. The lowest BCUT2D eigenvalue weighted by atomic mass is 9.84. The third-order valence-electron chi connectivity index (χ3n) is 3.21. The van der Waals surface area contributed by atoms with Gasteiger partial charge in [0.1, 0.15) is 0 Å². The normalized spacial score (nSPS) is 13.8. The largest absolute Gasteiger partial charge is 0.396 e. The van der Waals surface area contributed by atoms with E-state index in [1.165, 1.54) is 16.7 Å². The summed E-state index contributed by atoms with van der Waals surface area (Å²) in [6, 6.07) is 6.57. The third kappa shape index (κ3) is 3.83. The lowest BCUT2D eigenvalue weighted by Crippen LogP contribution is -2.15. The van der Waals surface area contributed by atoms with Gasteiger partial charge in [0, 0.05) is 12.6 Å². The van der Waals surface area contributed by atoms with Gasteiger partial charge < -0.3 is 10.8 Å². The molecule has 0 amide bonds. The van der Waals surface area contributed by atoms with Gasteiger partial charge in [0.05, 0.1) is 0 Å². The molecule has 0 aliphatic heterocycles. The molecule has 0 fully saturated rings. The first-order valence-electron chi connectivity index (χ1n) is 6.33. The fourth-order valence-corrected chi connectivity index (χ4v) is 2.02. The van der Waals surface area contributed by atoms with Crippen LogP contribution >= 0.6 is 0 Å². The zero-order valence-electron chi connectivity index (χ0n) is 11.5. The highest BCUT2D eigenvalue weighted by atomic mass is 16.2. The highest BCUT2D eigenvalue weighted by Gasteiger charge is 2.16. The van der Waals surface area contributed by atoms with E-state index in [1.807, 2.05) is 0 Å². The van der Waals surface area contributed by atoms with Gasteiger partial charge in [-0.05, 0) is 41.9 Å². The molecule has 1 rings (SSSR count). The molecule has 0 bridgehead atoms. The Morgan fingerprint density at radius 1 is 1.29 bits per heavy atom. The second-order valence-electron chi connectivity index (χ2n) is 5.79. The minimum Gasteiger partial charge on any atom is -0.396 e. The SMILES string of the molecule is Cc1cc(C(C)(C)C)ccc1C(N)CCCO. The number of hydrogen-bond donors (Lipinski definition) is 2. The number of aliphatic hydroxyl groups excluding tert-OH is 1. The lowest BCUT2D eigenvalue weighted by molar-refractivity contribution is 0.280. The average Bonchev–Trinajstić information content (AvgIpc) is 2.24. The summed E-state index contributed by atoms with van der Waals surface area (Å²) in [5.41, 5.74) is 10.1. The van der Waals surface area contributed by atoms with E-state index in [2.05, 4.69) is 45.9 Å². The lowest BCUT2D eigenvalue weighted by Gasteiger charge is -2.22. The van der Waals surface area contributed by atoms with Crippen LogP contribution in [-0.2, 0) is 5.41 Å². The van der Waals surface area contributed by atoms with Crippen LogP contribution in [0.15, 0.2) is 18.2 Å². The number of hydrogen-bond acceptors (Lipinski definition) is 2. The second kappa shape index (κ2) is 5.65. The van der Waals surface area contributed by atoms with Gasteiger partial charge in [-0.2, -0.15) is 0 Å². The zero-order valence-corrected chi connectivity index (χ0v) is 11.5. The Balaban J connectivity index is 2.90. The van der Waals surface area contributed by atoms with Crippen LogP contribution in [-0.4, -0.2) is 11.7 Å². The van der Waals surface area contributed by atoms with Crippen LogP contribution in [0.3, 0.4) is 0 Å². The molecule has 17 heavy (non-hydrogen) atoms. The van der Waals surface area contributed by atoms with E-state index in [9.17, 15) is 0 Å². The molecule has 1 aromatic carbocycles. The van der Waals surface area contributed by atoms with Crippen molar-refractivity contribution >= 4 is 0 Å². The number of benzene rings is 1. The van der Waals surface area contributed by atoms with Crippen molar-refractivity contribution < 1.29 is 5.11 Å². The maximum Gasteiger partial charge on any atom is 0.0431 e. The fourth-order valence-electron chi connectivity index (χ4n) is 2.02. The molecule has 1 atom stereocenters. The molecule has 0 aliphatic rings. The van der Waals surface area contributed by atoms with Crippen LogP contribution < -0.4 is 5.73 Å². The van der Waals surface area contributed by atoms with Gasteiger partial charge in [-0.25, -0.2) is 0 Å². The molecule has 2 nitrogen and oxygen atoms in total. The van der Waals surface area contributed by atoms with Gasteiger partial charge in [-0.1, -0.05) is 39.0 Å². The van der Waals surface area contributed by atoms with Crippen molar-refractivity contribution in [2.45, 2.75) is 52.0 Å². The van der Waals surface area contributed by atoms with E-state index in [0.29, 0.717) is 0 Å². The third-order valence-corrected chi connectivity index (χ3v) is 3.21. The number of aliphatic hydroxyl groups is 1. The molecular weight excluding hydrogens is 210 g/mol. The minimum atomic E-state index is 0.0381. The van der Waals surface area contributed by atoms with Gasteiger partial charge in [0.2, 0.25) is 0 Å². The van der Waals surface area contributed by atoms with Crippen LogP contribution in [0.4, 0.5) is 0 Å². The van der Waals surface area contributed by atoms with Gasteiger partial charge in [-0.15, -0.1) is 0 Å². The first-order valence-corrected chi connectivity index (χ1v) is 6.33. The number of aryl methyl sites for hydroxylation is 1. The van der Waals surface area contributed by atoms with E-state index in [4.69, 9.17) is 10.8 Å². The Labute approximate surface area is 105 Å². The molecule has 1 aromatic rings. The maximum atomic E-state index is 8.83. The van der Waals surface area contributed by atoms with Crippen molar-refractivity contribution in [2.24, 2.45) is 5.73 Å². The Kier molecular flexibility index (Phi) is 4.72. The Morgan fingerprint density at radius 3 is 2.41 bits per heavy atom. The average molecular weight is 235 g/mol.